The monoisotopic (exact) mass is 348 g/mol. The van der Waals surface area contributed by atoms with Crippen molar-refractivity contribution in [3.63, 3.8) is 0 Å². The maximum Gasteiger partial charge on any atom is 0.170 e. The molecule has 3 unspecified atom stereocenters. The number of anilines is 1. The molecule has 0 heterocycles. The number of thiocarbonyl (C=S) groups is 1. The van der Waals surface area contributed by atoms with E-state index in [9.17, 15) is 0 Å². The minimum atomic E-state index is 0.526. The number of hydrogen-bond acceptors (Lipinski definition) is 1. The summed E-state index contributed by atoms with van der Waals surface area (Å²) in [5.74, 6) is 1.70. The van der Waals surface area contributed by atoms with E-state index in [4.69, 9.17) is 12.2 Å². The normalized spacial score (nSPS) is 14.8. The second-order valence-electron chi connectivity index (χ2n) is 7.16. The van der Waals surface area contributed by atoms with Gasteiger partial charge >= 0.3 is 0 Å². The van der Waals surface area contributed by atoms with Crippen LogP contribution in [0, 0.1) is 5.92 Å². The number of nitrogens with one attached hydrogen (secondary N) is 2. The van der Waals surface area contributed by atoms with E-state index in [0.29, 0.717) is 17.8 Å². The van der Waals surface area contributed by atoms with Crippen molar-refractivity contribution in [2.75, 3.05) is 11.9 Å². The first-order chi connectivity index (χ1) is 11.4. The van der Waals surface area contributed by atoms with Gasteiger partial charge in [-0.25, -0.2) is 0 Å². The summed E-state index contributed by atoms with van der Waals surface area (Å²) in [5.41, 5.74) is 3.98. The molecule has 1 rings (SSSR count). The van der Waals surface area contributed by atoms with Gasteiger partial charge in [0.1, 0.15) is 0 Å². The fraction of sp³-hybridized carbons (Fsp3) is 0.667. The van der Waals surface area contributed by atoms with Crippen LogP contribution in [0.2, 0.25) is 0 Å². The first-order valence-electron chi connectivity index (χ1n) is 9.62. The van der Waals surface area contributed by atoms with Crippen molar-refractivity contribution in [2.24, 2.45) is 5.92 Å². The highest BCUT2D eigenvalue weighted by atomic mass is 32.1. The van der Waals surface area contributed by atoms with Crippen molar-refractivity contribution < 1.29 is 0 Å². The molecule has 0 saturated heterocycles. The molecule has 3 heteroatoms. The fourth-order valence-corrected chi connectivity index (χ4v) is 3.20. The van der Waals surface area contributed by atoms with Crippen molar-refractivity contribution in [3.8, 4) is 0 Å². The molecule has 2 N–H and O–H groups in total. The Morgan fingerprint density at radius 2 is 1.54 bits per heavy atom. The highest BCUT2D eigenvalue weighted by molar-refractivity contribution is 7.80. The first-order valence-corrected chi connectivity index (χ1v) is 10.0. The SMILES string of the molecule is CCCC(C)CNC(=S)Nc1c(C(C)CC)cccc1C(C)CC. The molecule has 136 valence electrons. The molecule has 0 radical (unpaired) electrons. The molecular formula is C21H36N2S. The summed E-state index contributed by atoms with van der Waals surface area (Å²) in [7, 11) is 0. The highest BCUT2D eigenvalue weighted by Gasteiger charge is 2.17. The third-order valence-corrected chi connectivity index (χ3v) is 5.29. The van der Waals surface area contributed by atoms with Crippen LogP contribution in [0.3, 0.4) is 0 Å². The van der Waals surface area contributed by atoms with Crippen LogP contribution in [0.1, 0.15) is 90.2 Å². The molecule has 0 amide bonds. The third-order valence-electron chi connectivity index (χ3n) is 5.05. The lowest BCUT2D eigenvalue weighted by molar-refractivity contribution is 0.516. The van der Waals surface area contributed by atoms with Gasteiger partial charge in [-0.1, -0.05) is 66.2 Å². The van der Waals surface area contributed by atoms with Gasteiger partial charge in [0.05, 0.1) is 0 Å². The van der Waals surface area contributed by atoms with Crippen molar-refractivity contribution in [1.29, 1.82) is 0 Å². The van der Waals surface area contributed by atoms with E-state index in [-0.39, 0.29) is 0 Å². The van der Waals surface area contributed by atoms with Crippen LogP contribution in [0.4, 0.5) is 5.69 Å². The van der Waals surface area contributed by atoms with E-state index in [2.05, 4.69) is 70.4 Å². The van der Waals surface area contributed by atoms with E-state index < -0.39 is 0 Å². The lowest BCUT2D eigenvalue weighted by Gasteiger charge is -2.24. The van der Waals surface area contributed by atoms with Crippen molar-refractivity contribution in [2.45, 2.75) is 79.1 Å². The van der Waals surface area contributed by atoms with E-state index in [1.807, 2.05) is 0 Å². The van der Waals surface area contributed by atoms with Crippen LogP contribution in [0.5, 0.6) is 0 Å². The maximum absolute atomic E-state index is 5.58. The van der Waals surface area contributed by atoms with Gasteiger partial charge in [0.15, 0.2) is 5.11 Å². The Kier molecular flexibility index (Phi) is 9.35. The van der Waals surface area contributed by atoms with E-state index >= 15 is 0 Å². The van der Waals surface area contributed by atoms with E-state index in [0.717, 1.165) is 24.5 Å². The predicted molar refractivity (Wildman–Crippen MR) is 112 cm³/mol. The van der Waals surface area contributed by atoms with Gasteiger partial charge in [-0.15, -0.1) is 0 Å². The minimum Gasteiger partial charge on any atom is -0.362 e. The molecule has 1 aromatic carbocycles. The van der Waals surface area contributed by atoms with Crippen LogP contribution in [-0.4, -0.2) is 11.7 Å². The van der Waals surface area contributed by atoms with Gasteiger partial charge in [0.2, 0.25) is 0 Å². The number of para-hydroxylation sites is 1. The molecule has 0 fully saturated rings. The van der Waals surface area contributed by atoms with Crippen molar-refractivity contribution in [3.05, 3.63) is 29.3 Å². The molecule has 24 heavy (non-hydrogen) atoms. The third kappa shape index (κ3) is 6.08. The second-order valence-corrected chi connectivity index (χ2v) is 7.57. The van der Waals surface area contributed by atoms with Crippen LogP contribution >= 0.6 is 12.2 Å². The topological polar surface area (TPSA) is 24.1 Å². The lowest BCUT2D eigenvalue weighted by atomic mass is 9.89. The molecule has 0 aliphatic rings. The zero-order valence-electron chi connectivity index (χ0n) is 16.4. The molecule has 1 aromatic rings. The van der Waals surface area contributed by atoms with Gasteiger partial charge in [0, 0.05) is 12.2 Å². The summed E-state index contributed by atoms with van der Waals surface area (Å²) in [6.07, 6.45) is 4.72. The van der Waals surface area contributed by atoms with Crippen LogP contribution in [-0.2, 0) is 0 Å². The average molecular weight is 349 g/mol. The molecule has 0 aromatic heterocycles. The second kappa shape index (κ2) is 10.7. The summed E-state index contributed by atoms with van der Waals surface area (Å²) in [6.45, 7) is 14.5. The van der Waals surface area contributed by atoms with Gasteiger partial charge in [-0.3, -0.25) is 0 Å². The Morgan fingerprint density at radius 3 is 2.00 bits per heavy atom. The molecule has 0 aliphatic carbocycles. The van der Waals surface area contributed by atoms with Crippen molar-refractivity contribution in [1.82, 2.24) is 5.32 Å². The zero-order valence-corrected chi connectivity index (χ0v) is 17.2. The number of benzene rings is 1. The molecule has 3 atom stereocenters. The van der Waals surface area contributed by atoms with Crippen molar-refractivity contribution >= 4 is 23.0 Å². The molecule has 0 aliphatic heterocycles. The van der Waals surface area contributed by atoms with Gasteiger partial charge in [0.25, 0.3) is 0 Å². The van der Waals surface area contributed by atoms with E-state index in [1.54, 1.807) is 0 Å². The summed E-state index contributed by atoms with van der Waals surface area (Å²) in [5, 5.41) is 7.68. The summed E-state index contributed by atoms with van der Waals surface area (Å²) >= 11 is 5.58. The summed E-state index contributed by atoms with van der Waals surface area (Å²) in [6, 6.07) is 6.67. The highest BCUT2D eigenvalue weighted by Crippen LogP contribution is 2.34. The molecule has 0 bridgehead atoms. The summed E-state index contributed by atoms with van der Waals surface area (Å²) < 4.78 is 0. The summed E-state index contributed by atoms with van der Waals surface area (Å²) in [4.78, 5) is 0. The average Bonchev–Trinajstić information content (AvgIpc) is 2.59. The smallest absolute Gasteiger partial charge is 0.170 e. The quantitative estimate of drug-likeness (QED) is 0.502. The Bertz CT molecular complexity index is 484. The Hall–Kier alpha value is -1.09. The predicted octanol–water partition coefficient (Wildman–Crippen LogP) is 6.44. The molecule has 0 saturated carbocycles. The lowest BCUT2D eigenvalue weighted by Crippen LogP contribution is -2.33. The number of rotatable bonds is 9. The maximum atomic E-state index is 5.58. The van der Waals surface area contributed by atoms with Crippen LogP contribution in [0.15, 0.2) is 18.2 Å². The Balaban J connectivity index is 2.96. The van der Waals surface area contributed by atoms with Crippen LogP contribution < -0.4 is 10.6 Å². The van der Waals surface area contributed by atoms with Crippen LogP contribution in [0.25, 0.3) is 0 Å². The molecule has 0 spiro atoms. The minimum absolute atomic E-state index is 0.526. The van der Waals surface area contributed by atoms with E-state index in [1.165, 1.54) is 29.7 Å². The Labute approximate surface area is 154 Å². The zero-order chi connectivity index (χ0) is 18.1. The van der Waals surface area contributed by atoms with Gasteiger partial charge < -0.3 is 10.6 Å². The fourth-order valence-electron chi connectivity index (χ4n) is 3.01. The standard InChI is InChI=1S/C21H36N2S/c1-7-11-15(4)14-22-21(24)23-20-18(16(5)8-2)12-10-13-19(20)17(6)9-3/h10,12-13,15-17H,7-9,11,14H2,1-6H3,(H2,22,23,24). The Morgan fingerprint density at radius 1 is 1.00 bits per heavy atom. The van der Waals surface area contributed by atoms with Gasteiger partial charge in [-0.05, 0) is 60.4 Å². The van der Waals surface area contributed by atoms with Gasteiger partial charge in [-0.2, -0.15) is 0 Å². The number of hydrogen-bond donors (Lipinski definition) is 2. The molecular weight excluding hydrogens is 312 g/mol. The first kappa shape index (κ1) is 21.0. The largest absolute Gasteiger partial charge is 0.362 e. The molecule has 2 nitrogen and oxygen atoms in total.